The Hall–Kier alpha value is -0.500. The van der Waals surface area contributed by atoms with Crippen molar-refractivity contribution in [3.05, 3.63) is 16.9 Å². The van der Waals surface area contributed by atoms with Crippen molar-refractivity contribution in [2.45, 2.75) is 39.7 Å². The maximum Gasteiger partial charge on any atom is 0.0836 e. The lowest BCUT2D eigenvalue weighted by Gasteiger charge is -2.04. The van der Waals surface area contributed by atoms with Gasteiger partial charge in [-0.05, 0) is 19.8 Å². The summed E-state index contributed by atoms with van der Waals surface area (Å²) >= 11 is 6.00. The molecule has 12 heavy (non-hydrogen) atoms. The molecule has 0 unspecified atom stereocenters. The van der Waals surface area contributed by atoms with Crippen LogP contribution in [0.1, 0.15) is 45.3 Å². The molecule has 1 aromatic heterocycles. The van der Waals surface area contributed by atoms with Crippen LogP contribution in [0.25, 0.3) is 0 Å². The second-order valence-corrected chi connectivity index (χ2v) is 4.00. The molecule has 0 aliphatic carbocycles. The van der Waals surface area contributed by atoms with Crippen molar-refractivity contribution in [1.29, 1.82) is 0 Å². The van der Waals surface area contributed by atoms with Gasteiger partial charge < -0.3 is 0 Å². The molecule has 2 nitrogen and oxygen atoms in total. The minimum absolute atomic E-state index is 0.384. The minimum atomic E-state index is 0.384. The van der Waals surface area contributed by atoms with Crippen LogP contribution in [-0.2, 0) is 0 Å². The highest BCUT2D eigenvalue weighted by molar-refractivity contribution is 6.31. The van der Waals surface area contributed by atoms with Crippen molar-refractivity contribution >= 4 is 11.6 Å². The van der Waals surface area contributed by atoms with Crippen LogP contribution in [0.5, 0.6) is 0 Å². The third-order valence-corrected chi connectivity index (χ3v) is 2.08. The minimum Gasteiger partial charge on any atom is -0.268 e. The van der Waals surface area contributed by atoms with E-state index in [-0.39, 0.29) is 0 Å². The average Bonchev–Trinajstić information content (AvgIpc) is 2.30. The van der Waals surface area contributed by atoms with Gasteiger partial charge in [0.05, 0.1) is 10.7 Å². The van der Waals surface area contributed by atoms with Crippen molar-refractivity contribution in [2.75, 3.05) is 0 Å². The number of rotatable bonds is 2. The Morgan fingerprint density at radius 3 is 2.17 bits per heavy atom. The number of nitrogens with zero attached hydrogens (tertiary/aromatic N) is 2. The Balaban J connectivity index is 3.00. The average molecular weight is 187 g/mol. The first-order valence-corrected chi connectivity index (χ1v) is 4.64. The van der Waals surface area contributed by atoms with E-state index in [9.17, 15) is 0 Å². The molecule has 0 aromatic carbocycles. The summed E-state index contributed by atoms with van der Waals surface area (Å²) < 4.78 is 1.90. The van der Waals surface area contributed by atoms with Gasteiger partial charge in [-0.15, -0.1) is 0 Å². The first kappa shape index (κ1) is 9.59. The molecule has 0 spiro atoms. The maximum absolute atomic E-state index is 6.00. The van der Waals surface area contributed by atoms with Crippen molar-refractivity contribution in [3.63, 3.8) is 0 Å². The molecule has 0 fully saturated rings. The first-order valence-electron chi connectivity index (χ1n) is 4.27. The Labute approximate surface area is 78.5 Å². The Bertz CT molecular complexity index is 263. The Morgan fingerprint density at radius 1 is 1.33 bits per heavy atom. The fourth-order valence-corrected chi connectivity index (χ4v) is 1.40. The lowest BCUT2D eigenvalue weighted by atomic mass is 10.1. The monoisotopic (exact) mass is 186 g/mol. The van der Waals surface area contributed by atoms with Gasteiger partial charge >= 0.3 is 0 Å². The van der Waals surface area contributed by atoms with Gasteiger partial charge in [-0.2, -0.15) is 5.10 Å². The second kappa shape index (κ2) is 3.48. The molecule has 0 aliphatic rings. The summed E-state index contributed by atoms with van der Waals surface area (Å²) in [5.41, 5.74) is 0.991. The predicted octanol–water partition coefficient (Wildman–Crippen LogP) is 3.24. The van der Waals surface area contributed by atoms with Gasteiger partial charge in [-0.1, -0.05) is 25.4 Å². The van der Waals surface area contributed by atoms with Crippen LogP contribution in [0.2, 0.25) is 5.02 Å². The summed E-state index contributed by atoms with van der Waals surface area (Å²) in [5, 5.41) is 5.17. The SMILES string of the molecule is CC(C)c1nn(C(C)C)cc1Cl. The van der Waals surface area contributed by atoms with Gasteiger partial charge in [0.15, 0.2) is 0 Å². The van der Waals surface area contributed by atoms with Crippen molar-refractivity contribution in [2.24, 2.45) is 0 Å². The molecule has 0 aliphatic heterocycles. The van der Waals surface area contributed by atoms with E-state index in [2.05, 4.69) is 32.8 Å². The zero-order valence-electron chi connectivity index (χ0n) is 8.00. The molecule has 0 bridgehead atoms. The summed E-state index contributed by atoms with van der Waals surface area (Å²) in [6.45, 7) is 8.37. The van der Waals surface area contributed by atoms with E-state index >= 15 is 0 Å². The second-order valence-electron chi connectivity index (χ2n) is 3.59. The lowest BCUT2D eigenvalue weighted by molar-refractivity contribution is 0.523. The molecular formula is C9H15ClN2. The number of halogens is 1. The first-order chi connectivity index (χ1) is 5.52. The summed E-state index contributed by atoms with van der Waals surface area (Å²) in [5.74, 6) is 0.400. The van der Waals surface area contributed by atoms with Gasteiger partial charge in [0.1, 0.15) is 0 Å². The highest BCUT2D eigenvalue weighted by Crippen LogP contribution is 2.23. The largest absolute Gasteiger partial charge is 0.268 e. The summed E-state index contributed by atoms with van der Waals surface area (Å²) in [7, 11) is 0. The van der Waals surface area contributed by atoms with Crippen LogP contribution in [0, 0.1) is 0 Å². The molecule has 3 heteroatoms. The third-order valence-electron chi connectivity index (χ3n) is 1.79. The smallest absolute Gasteiger partial charge is 0.0836 e. The van der Waals surface area contributed by atoms with Crippen LogP contribution in [-0.4, -0.2) is 9.78 Å². The molecule has 0 radical (unpaired) electrons. The molecular weight excluding hydrogens is 172 g/mol. The van der Waals surface area contributed by atoms with Gasteiger partial charge in [0.25, 0.3) is 0 Å². The van der Waals surface area contributed by atoms with Crippen LogP contribution < -0.4 is 0 Å². The molecule has 1 rings (SSSR count). The molecule has 0 saturated carbocycles. The van der Waals surface area contributed by atoms with Gasteiger partial charge in [-0.25, -0.2) is 0 Å². The van der Waals surface area contributed by atoms with E-state index < -0.39 is 0 Å². The standard InChI is InChI=1S/C9H15ClN2/c1-6(2)9-8(10)5-12(11-9)7(3)4/h5-7H,1-4H3. The summed E-state index contributed by atoms with van der Waals surface area (Å²) in [6.07, 6.45) is 1.89. The Kier molecular flexibility index (Phi) is 2.78. The summed E-state index contributed by atoms with van der Waals surface area (Å²) in [6, 6.07) is 0.384. The molecule has 1 aromatic rings. The highest BCUT2D eigenvalue weighted by Gasteiger charge is 2.11. The van der Waals surface area contributed by atoms with Crippen LogP contribution >= 0.6 is 11.6 Å². The topological polar surface area (TPSA) is 17.8 Å². The quantitative estimate of drug-likeness (QED) is 0.694. The van der Waals surface area contributed by atoms with E-state index in [0.717, 1.165) is 10.7 Å². The van der Waals surface area contributed by atoms with E-state index in [1.165, 1.54) is 0 Å². The van der Waals surface area contributed by atoms with E-state index in [1.807, 2.05) is 10.9 Å². The predicted molar refractivity (Wildman–Crippen MR) is 51.7 cm³/mol. The fraction of sp³-hybridized carbons (Fsp3) is 0.667. The Morgan fingerprint density at radius 2 is 1.92 bits per heavy atom. The van der Waals surface area contributed by atoms with Crippen molar-refractivity contribution in [3.8, 4) is 0 Å². The van der Waals surface area contributed by atoms with Crippen LogP contribution in [0.3, 0.4) is 0 Å². The molecule has 0 saturated heterocycles. The maximum atomic E-state index is 6.00. The van der Waals surface area contributed by atoms with E-state index in [0.29, 0.717) is 12.0 Å². The van der Waals surface area contributed by atoms with Crippen molar-refractivity contribution in [1.82, 2.24) is 9.78 Å². The van der Waals surface area contributed by atoms with E-state index in [4.69, 9.17) is 11.6 Å². The normalized spacial score (nSPS) is 11.6. The fourth-order valence-electron chi connectivity index (χ4n) is 1.04. The van der Waals surface area contributed by atoms with E-state index in [1.54, 1.807) is 0 Å². The molecule has 68 valence electrons. The van der Waals surface area contributed by atoms with Crippen molar-refractivity contribution < 1.29 is 0 Å². The van der Waals surface area contributed by atoms with Crippen LogP contribution in [0.4, 0.5) is 0 Å². The highest BCUT2D eigenvalue weighted by atomic mass is 35.5. The third kappa shape index (κ3) is 1.81. The molecule has 0 N–H and O–H groups in total. The molecule has 1 heterocycles. The van der Waals surface area contributed by atoms with Gasteiger partial charge in [0.2, 0.25) is 0 Å². The number of hydrogen-bond donors (Lipinski definition) is 0. The summed E-state index contributed by atoms with van der Waals surface area (Å²) in [4.78, 5) is 0. The number of aromatic nitrogens is 2. The zero-order chi connectivity index (χ0) is 9.30. The van der Waals surface area contributed by atoms with Gasteiger partial charge in [-0.3, -0.25) is 4.68 Å². The van der Waals surface area contributed by atoms with Gasteiger partial charge in [0, 0.05) is 12.2 Å². The lowest BCUT2D eigenvalue weighted by Crippen LogP contribution is -2.02. The number of hydrogen-bond acceptors (Lipinski definition) is 1. The van der Waals surface area contributed by atoms with Crippen LogP contribution in [0.15, 0.2) is 6.20 Å². The molecule has 0 atom stereocenters. The molecule has 0 amide bonds. The zero-order valence-corrected chi connectivity index (χ0v) is 8.76.